The van der Waals surface area contributed by atoms with E-state index in [0.717, 1.165) is 20.3 Å². The molecule has 0 aliphatic carbocycles. The van der Waals surface area contributed by atoms with Crippen molar-refractivity contribution in [2.24, 2.45) is 0 Å². The predicted octanol–water partition coefficient (Wildman–Crippen LogP) is 0.402. The van der Waals surface area contributed by atoms with Gasteiger partial charge < -0.3 is 19.5 Å². The van der Waals surface area contributed by atoms with Crippen molar-refractivity contribution in [1.29, 1.82) is 0 Å². The minimum Gasteiger partial charge on any atom is -0.497 e. The number of benzene rings is 1. The van der Waals surface area contributed by atoms with Crippen LogP contribution in [0.1, 0.15) is 5.56 Å². The molecule has 17 heavy (non-hydrogen) atoms. The van der Waals surface area contributed by atoms with E-state index in [1.807, 2.05) is 0 Å². The average Bonchev–Trinajstić information content (AvgIpc) is 2.25. The second-order valence-corrected chi connectivity index (χ2v) is 3.17. The highest BCUT2D eigenvalue weighted by Gasteiger charge is 2.36. The Labute approximate surface area is 95.7 Å². The van der Waals surface area contributed by atoms with Crippen molar-refractivity contribution in [1.82, 2.24) is 0 Å². The van der Waals surface area contributed by atoms with E-state index in [9.17, 15) is 13.2 Å². The van der Waals surface area contributed by atoms with Gasteiger partial charge in [0.05, 0.1) is 14.2 Å². The van der Waals surface area contributed by atoms with Crippen molar-refractivity contribution in [2.75, 3.05) is 14.2 Å². The Kier molecular flexibility index (Phi) is 3.89. The Hall–Kier alpha value is -1.41. The fourth-order valence-corrected chi connectivity index (χ4v) is 1.34. The van der Waals surface area contributed by atoms with Crippen molar-refractivity contribution < 1.29 is 32.7 Å². The quantitative estimate of drug-likeness (QED) is 0.762. The molecular weight excluding hydrogens is 240 g/mol. The highest BCUT2D eigenvalue weighted by atomic mass is 19.4. The summed E-state index contributed by atoms with van der Waals surface area (Å²) in [6.45, 7) is 0. The van der Waals surface area contributed by atoms with Gasteiger partial charge in [-0.3, -0.25) is 0 Å². The van der Waals surface area contributed by atoms with E-state index >= 15 is 0 Å². The Morgan fingerprint density at radius 2 is 1.59 bits per heavy atom. The lowest BCUT2D eigenvalue weighted by Crippen LogP contribution is -2.32. The van der Waals surface area contributed by atoms with Crippen LogP contribution in [-0.4, -0.2) is 31.4 Å². The first kappa shape index (κ1) is 13.7. The van der Waals surface area contributed by atoms with Gasteiger partial charge in [-0.1, -0.05) is 0 Å². The molecule has 8 heteroatoms. The van der Waals surface area contributed by atoms with E-state index in [1.54, 1.807) is 0 Å². The molecule has 0 aliphatic heterocycles. The van der Waals surface area contributed by atoms with Crippen LogP contribution >= 0.6 is 0 Å². The molecular formula is C9H10BF3O4. The van der Waals surface area contributed by atoms with Crippen LogP contribution in [-0.2, 0) is 6.18 Å². The van der Waals surface area contributed by atoms with Crippen molar-refractivity contribution in [3.8, 4) is 11.5 Å². The molecule has 0 heterocycles. The second-order valence-electron chi connectivity index (χ2n) is 3.17. The summed E-state index contributed by atoms with van der Waals surface area (Å²) in [7, 11) is 0.249. The van der Waals surface area contributed by atoms with E-state index in [4.69, 9.17) is 10.0 Å². The van der Waals surface area contributed by atoms with Crippen molar-refractivity contribution in [3.05, 3.63) is 17.7 Å². The molecule has 1 aromatic carbocycles. The Bertz CT molecular complexity index is 406. The highest BCUT2D eigenvalue weighted by Crippen LogP contribution is 2.37. The molecule has 0 unspecified atom stereocenters. The van der Waals surface area contributed by atoms with Gasteiger partial charge in [0.15, 0.2) is 0 Å². The summed E-state index contributed by atoms with van der Waals surface area (Å²) < 4.78 is 47.1. The summed E-state index contributed by atoms with van der Waals surface area (Å²) in [5, 5.41) is 18.0. The van der Waals surface area contributed by atoms with Crippen LogP contribution in [0.25, 0.3) is 0 Å². The summed E-state index contributed by atoms with van der Waals surface area (Å²) in [5.41, 5.74) is -1.24. The van der Waals surface area contributed by atoms with Crippen LogP contribution in [0.5, 0.6) is 11.5 Å². The summed E-state index contributed by atoms with van der Waals surface area (Å²) >= 11 is 0. The zero-order valence-electron chi connectivity index (χ0n) is 9.08. The fraction of sp³-hybridized carbons (Fsp3) is 0.333. The molecule has 94 valence electrons. The van der Waals surface area contributed by atoms with Gasteiger partial charge in [-0.25, -0.2) is 0 Å². The van der Waals surface area contributed by atoms with E-state index in [1.165, 1.54) is 0 Å². The second kappa shape index (κ2) is 4.85. The monoisotopic (exact) mass is 250 g/mol. The highest BCUT2D eigenvalue weighted by molar-refractivity contribution is 6.59. The van der Waals surface area contributed by atoms with E-state index < -0.39 is 24.6 Å². The van der Waals surface area contributed by atoms with E-state index in [0.29, 0.717) is 6.07 Å². The number of hydrogen-bond acceptors (Lipinski definition) is 4. The van der Waals surface area contributed by atoms with Gasteiger partial charge in [-0.2, -0.15) is 13.2 Å². The maximum absolute atomic E-state index is 12.6. The number of alkyl halides is 3. The standard InChI is InChI=1S/C9H10BF3O4/c1-16-7-4-6(10(14)15)8(17-2)3-5(7)9(11,12)13/h3-4,14-15H,1-2H3. The normalized spacial score (nSPS) is 11.2. The largest absolute Gasteiger partial charge is 0.497 e. The van der Waals surface area contributed by atoms with Crippen molar-refractivity contribution in [3.63, 3.8) is 0 Å². The van der Waals surface area contributed by atoms with E-state index in [2.05, 4.69) is 9.47 Å². The zero-order valence-corrected chi connectivity index (χ0v) is 9.08. The molecule has 0 spiro atoms. The van der Waals surface area contributed by atoms with Gasteiger partial charge in [0.1, 0.15) is 17.1 Å². The summed E-state index contributed by atoms with van der Waals surface area (Å²) in [4.78, 5) is 0. The first-order valence-electron chi connectivity index (χ1n) is 4.50. The molecule has 4 nitrogen and oxygen atoms in total. The number of ether oxygens (including phenoxy) is 2. The molecule has 0 fully saturated rings. The third kappa shape index (κ3) is 2.83. The van der Waals surface area contributed by atoms with Crippen LogP contribution in [0, 0.1) is 0 Å². The Morgan fingerprint density at radius 1 is 1.06 bits per heavy atom. The van der Waals surface area contributed by atoms with Gasteiger partial charge in [0.2, 0.25) is 0 Å². The van der Waals surface area contributed by atoms with Gasteiger partial charge in [0.25, 0.3) is 0 Å². The van der Waals surface area contributed by atoms with Crippen molar-refractivity contribution in [2.45, 2.75) is 6.18 Å². The number of rotatable bonds is 3. The Morgan fingerprint density at radius 3 is 1.94 bits per heavy atom. The molecule has 1 aromatic rings. The molecule has 0 saturated heterocycles. The molecule has 1 rings (SSSR count). The van der Waals surface area contributed by atoms with E-state index in [-0.39, 0.29) is 11.2 Å². The third-order valence-corrected chi connectivity index (χ3v) is 2.14. The number of halogens is 3. The van der Waals surface area contributed by atoms with Gasteiger partial charge >= 0.3 is 13.3 Å². The topological polar surface area (TPSA) is 58.9 Å². The maximum atomic E-state index is 12.6. The van der Waals surface area contributed by atoms with Crippen LogP contribution in [0.4, 0.5) is 13.2 Å². The molecule has 0 aromatic heterocycles. The molecule has 0 bridgehead atoms. The van der Waals surface area contributed by atoms with Gasteiger partial charge in [-0.05, 0) is 12.1 Å². The molecule has 0 radical (unpaired) electrons. The number of hydrogen-bond donors (Lipinski definition) is 2. The fourth-order valence-electron chi connectivity index (χ4n) is 1.34. The van der Waals surface area contributed by atoms with Crippen molar-refractivity contribution >= 4 is 12.6 Å². The molecule has 0 saturated carbocycles. The van der Waals surface area contributed by atoms with Gasteiger partial charge in [-0.15, -0.1) is 0 Å². The van der Waals surface area contributed by atoms with Crippen LogP contribution in [0.15, 0.2) is 12.1 Å². The molecule has 0 atom stereocenters. The minimum atomic E-state index is -4.61. The number of methoxy groups -OCH3 is 2. The first-order valence-corrected chi connectivity index (χ1v) is 4.50. The first-order chi connectivity index (χ1) is 7.81. The third-order valence-electron chi connectivity index (χ3n) is 2.14. The zero-order chi connectivity index (χ0) is 13.2. The lowest BCUT2D eigenvalue weighted by molar-refractivity contribution is -0.138. The Balaban J connectivity index is 3.44. The van der Waals surface area contributed by atoms with Crippen LogP contribution < -0.4 is 14.9 Å². The SMILES string of the molecule is COc1cc(C(F)(F)F)c(OC)cc1B(O)O. The molecule has 2 N–H and O–H groups in total. The smallest absolute Gasteiger partial charge is 0.492 e. The molecule has 0 amide bonds. The lowest BCUT2D eigenvalue weighted by atomic mass is 9.79. The van der Waals surface area contributed by atoms with Gasteiger partial charge in [0, 0.05) is 5.46 Å². The minimum absolute atomic E-state index is 0.197. The average molecular weight is 250 g/mol. The predicted molar refractivity (Wildman–Crippen MR) is 54.4 cm³/mol. The lowest BCUT2D eigenvalue weighted by Gasteiger charge is -2.16. The molecule has 0 aliphatic rings. The summed E-state index contributed by atoms with van der Waals surface area (Å²) in [6.07, 6.45) is -4.61. The summed E-state index contributed by atoms with van der Waals surface area (Å²) in [5.74, 6) is -0.769. The summed E-state index contributed by atoms with van der Waals surface area (Å²) in [6, 6.07) is 1.54. The van der Waals surface area contributed by atoms with Crippen LogP contribution in [0.2, 0.25) is 0 Å². The maximum Gasteiger partial charge on any atom is 0.492 e. The van der Waals surface area contributed by atoms with Crippen LogP contribution in [0.3, 0.4) is 0 Å².